The van der Waals surface area contributed by atoms with E-state index in [1.54, 1.807) is 42.6 Å². The molecule has 0 saturated heterocycles. The summed E-state index contributed by atoms with van der Waals surface area (Å²) in [6, 6.07) is 14.0. The third-order valence-electron chi connectivity index (χ3n) is 3.99. The Balaban J connectivity index is 1.78. The minimum absolute atomic E-state index is 0.0323. The van der Waals surface area contributed by atoms with Crippen LogP contribution in [0.25, 0.3) is 5.69 Å². The lowest BCUT2D eigenvalue weighted by molar-refractivity contribution is -0.384. The molecule has 9 nitrogen and oxygen atoms in total. The van der Waals surface area contributed by atoms with Crippen molar-refractivity contribution >= 4 is 23.2 Å². The number of carbonyl (C=O) groups is 2. The Kier molecular flexibility index (Phi) is 5.68. The number of hydrogen-bond acceptors (Lipinski definition) is 5. The highest BCUT2D eigenvalue weighted by Crippen LogP contribution is 2.18. The first-order valence-electron chi connectivity index (χ1n) is 8.87. The van der Waals surface area contributed by atoms with E-state index in [-0.39, 0.29) is 23.3 Å². The molecule has 0 aliphatic carbocycles. The van der Waals surface area contributed by atoms with Gasteiger partial charge in [-0.25, -0.2) is 4.68 Å². The number of nitrogens with one attached hydrogen (secondary N) is 2. The summed E-state index contributed by atoms with van der Waals surface area (Å²) >= 11 is 0. The molecule has 0 fully saturated rings. The molecule has 0 atom stereocenters. The predicted octanol–water partition coefficient (Wildman–Crippen LogP) is 3.17. The highest BCUT2D eigenvalue weighted by molar-refractivity contribution is 6.08. The number of amides is 2. The second kappa shape index (κ2) is 8.34. The molecule has 0 unspecified atom stereocenters. The minimum atomic E-state index is -0.487. The number of para-hydroxylation sites is 1. The number of carbonyl (C=O) groups excluding carboxylic acids is 2. The summed E-state index contributed by atoms with van der Waals surface area (Å²) in [5.41, 5.74) is 1.41. The largest absolute Gasteiger partial charge is 0.350 e. The van der Waals surface area contributed by atoms with Gasteiger partial charge >= 0.3 is 0 Å². The number of nitro benzene ring substituents is 1. The van der Waals surface area contributed by atoms with Gasteiger partial charge in [0.2, 0.25) is 0 Å². The Labute approximate surface area is 166 Å². The van der Waals surface area contributed by atoms with Crippen LogP contribution in [0.2, 0.25) is 0 Å². The van der Waals surface area contributed by atoms with Crippen molar-refractivity contribution in [2.24, 2.45) is 0 Å². The van der Waals surface area contributed by atoms with E-state index in [1.807, 2.05) is 13.8 Å². The molecule has 0 aliphatic heterocycles. The highest BCUT2D eigenvalue weighted by atomic mass is 16.6. The van der Waals surface area contributed by atoms with Gasteiger partial charge in [0.15, 0.2) is 5.69 Å². The number of aromatic nitrogens is 2. The van der Waals surface area contributed by atoms with Gasteiger partial charge in [0.05, 0.1) is 21.9 Å². The SMILES string of the molecule is CC(C)NC(=O)c1ccccc1NC(=O)c1ccn(-c2ccc([N+](=O)[O-])cc2)n1. The van der Waals surface area contributed by atoms with Crippen LogP contribution in [0.1, 0.15) is 34.7 Å². The highest BCUT2D eigenvalue weighted by Gasteiger charge is 2.16. The van der Waals surface area contributed by atoms with E-state index < -0.39 is 10.8 Å². The van der Waals surface area contributed by atoms with Gasteiger partial charge in [-0.1, -0.05) is 12.1 Å². The van der Waals surface area contributed by atoms with Crippen LogP contribution >= 0.6 is 0 Å². The molecule has 1 aromatic heterocycles. The van der Waals surface area contributed by atoms with Crippen LogP contribution in [-0.4, -0.2) is 32.6 Å². The number of nitrogens with zero attached hydrogens (tertiary/aromatic N) is 3. The van der Waals surface area contributed by atoms with E-state index >= 15 is 0 Å². The van der Waals surface area contributed by atoms with Crippen molar-refractivity contribution in [1.82, 2.24) is 15.1 Å². The van der Waals surface area contributed by atoms with E-state index in [0.717, 1.165) is 0 Å². The molecule has 0 radical (unpaired) electrons. The van der Waals surface area contributed by atoms with Gasteiger partial charge in [-0.2, -0.15) is 5.10 Å². The zero-order valence-corrected chi connectivity index (χ0v) is 15.8. The average molecular weight is 393 g/mol. The van der Waals surface area contributed by atoms with Crippen molar-refractivity contribution in [1.29, 1.82) is 0 Å². The van der Waals surface area contributed by atoms with Crippen LogP contribution in [-0.2, 0) is 0 Å². The third kappa shape index (κ3) is 4.64. The molecule has 1 heterocycles. The quantitative estimate of drug-likeness (QED) is 0.492. The van der Waals surface area contributed by atoms with Crippen molar-refractivity contribution in [3.05, 3.63) is 82.2 Å². The summed E-state index contributed by atoms with van der Waals surface area (Å²) in [5.74, 6) is -0.761. The van der Waals surface area contributed by atoms with Gasteiger partial charge < -0.3 is 10.6 Å². The van der Waals surface area contributed by atoms with Crippen molar-refractivity contribution in [2.75, 3.05) is 5.32 Å². The fraction of sp³-hybridized carbons (Fsp3) is 0.150. The van der Waals surface area contributed by atoms with Crippen molar-refractivity contribution < 1.29 is 14.5 Å². The van der Waals surface area contributed by atoms with E-state index in [1.165, 1.54) is 22.9 Å². The topological polar surface area (TPSA) is 119 Å². The van der Waals surface area contributed by atoms with Gasteiger partial charge in [-0.05, 0) is 44.2 Å². The monoisotopic (exact) mass is 393 g/mol. The van der Waals surface area contributed by atoms with Crippen LogP contribution in [0.4, 0.5) is 11.4 Å². The Morgan fingerprint density at radius 2 is 1.72 bits per heavy atom. The lowest BCUT2D eigenvalue weighted by atomic mass is 10.1. The minimum Gasteiger partial charge on any atom is -0.350 e. The van der Waals surface area contributed by atoms with Crippen molar-refractivity contribution in [3.8, 4) is 5.69 Å². The predicted molar refractivity (Wildman–Crippen MR) is 107 cm³/mol. The molecule has 148 valence electrons. The Morgan fingerprint density at radius 1 is 1.03 bits per heavy atom. The Hall–Kier alpha value is -4.01. The van der Waals surface area contributed by atoms with Crippen LogP contribution in [0, 0.1) is 10.1 Å². The Morgan fingerprint density at radius 3 is 2.38 bits per heavy atom. The van der Waals surface area contributed by atoms with Crippen LogP contribution in [0.15, 0.2) is 60.8 Å². The molecular formula is C20H19N5O4. The summed E-state index contributed by atoms with van der Waals surface area (Å²) in [7, 11) is 0. The van der Waals surface area contributed by atoms with Crippen LogP contribution in [0.3, 0.4) is 0 Å². The summed E-state index contributed by atoms with van der Waals surface area (Å²) in [4.78, 5) is 35.2. The first-order chi connectivity index (χ1) is 13.8. The molecule has 3 rings (SSSR count). The number of hydrogen-bond donors (Lipinski definition) is 2. The molecule has 29 heavy (non-hydrogen) atoms. The molecule has 2 amide bonds. The maximum atomic E-state index is 12.6. The molecule has 0 spiro atoms. The van der Waals surface area contributed by atoms with Crippen molar-refractivity contribution in [3.63, 3.8) is 0 Å². The lowest BCUT2D eigenvalue weighted by Gasteiger charge is -2.12. The van der Waals surface area contributed by atoms with Crippen molar-refractivity contribution in [2.45, 2.75) is 19.9 Å². The molecule has 9 heteroatoms. The number of nitro groups is 1. The standard InChI is InChI=1S/C20H19N5O4/c1-13(2)21-19(26)16-5-3-4-6-17(16)22-20(27)18-11-12-24(23-18)14-7-9-15(10-8-14)25(28)29/h3-13H,1-2H3,(H,21,26)(H,22,27). The van der Waals surface area contributed by atoms with Gasteiger partial charge in [-0.15, -0.1) is 0 Å². The summed E-state index contributed by atoms with van der Waals surface area (Å²) < 4.78 is 1.44. The average Bonchev–Trinajstić information content (AvgIpc) is 3.18. The first kappa shape index (κ1) is 19.7. The molecule has 2 N–H and O–H groups in total. The summed E-state index contributed by atoms with van der Waals surface area (Å²) in [5, 5.41) is 20.5. The fourth-order valence-corrected chi connectivity index (χ4v) is 2.63. The Bertz CT molecular complexity index is 1060. The number of rotatable bonds is 6. The normalized spacial score (nSPS) is 10.6. The molecule has 3 aromatic rings. The number of benzene rings is 2. The molecule has 0 saturated carbocycles. The number of non-ortho nitro benzene ring substituents is 1. The molecule has 0 bridgehead atoms. The smallest absolute Gasteiger partial charge is 0.276 e. The summed E-state index contributed by atoms with van der Waals surface area (Å²) in [6.45, 7) is 3.70. The van der Waals surface area contributed by atoms with E-state index in [9.17, 15) is 19.7 Å². The van der Waals surface area contributed by atoms with E-state index in [4.69, 9.17) is 0 Å². The van der Waals surface area contributed by atoms with Crippen LogP contribution < -0.4 is 10.6 Å². The third-order valence-corrected chi connectivity index (χ3v) is 3.99. The number of anilines is 1. The van der Waals surface area contributed by atoms with Gasteiger partial charge in [-0.3, -0.25) is 19.7 Å². The molecule has 0 aliphatic rings. The molecule has 2 aromatic carbocycles. The van der Waals surface area contributed by atoms with E-state index in [0.29, 0.717) is 16.9 Å². The zero-order chi connectivity index (χ0) is 21.0. The fourth-order valence-electron chi connectivity index (χ4n) is 2.63. The molecular weight excluding hydrogens is 374 g/mol. The van der Waals surface area contributed by atoms with E-state index in [2.05, 4.69) is 15.7 Å². The maximum Gasteiger partial charge on any atom is 0.276 e. The lowest BCUT2D eigenvalue weighted by Crippen LogP contribution is -2.31. The first-order valence-corrected chi connectivity index (χ1v) is 8.87. The maximum absolute atomic E-state index is 12.6. The van der Waals surface area contributed by atoms with Gasteiger partial charge in [0.25, 0.3) is 17.5 Å². The van der Waals surface area contributed by atoms with Crippen LogP contribution in [0.5, 0.6) is 0 Å². The second-order valence-electron chi connectivity index (χ2n) is 6.55. The second-order valence-corrected chi connectivity index (χ2v) is 6.55. The van der Waals surface area contributed by atoms with Gasteiger partial charge in [0.1, 0.15) is 0 Å². The van der Waals surface area contributed by atoms with Gasteiger partial charge in [0, 0.05) is 24.4 Å². The zero-order valence-electron chi connectivity index (χ0n) is 15.8. The summed E-state index contributed by atoms with van der Waals surface area (Å²) in [6.07, 6.45) is 1.58.